The van der Waals surface area contributed by atoms with E-state index in [1.165, 1.54) is 0 Å². The number of hydrogen-bond donors (Lipinski definition) is 1. The predicted molar refractivity (Wildman–Crippen MR) is 126 cm³/mol. The quantitative estimate of drug-likeness (QED) is 0.606. The summed E-state index contributed by atoms with van der Waals surface area (Å²) in [5.41, 5.74) is 2.91. The summed E-state index contributed by atoms with van der Waals surface area (Å²) in [5, 5.41) is 17.3. The van der Waals surface area contributed by atoms with Gasteiger partial charge in [0.1, 0.15) is 30.3 Å². The normalized spacial score (nSPS) is 18.6. The van der Waals surface area contributed by atoms with Gasteiger partial charge in [-0.2, -0.15) is 10.4 Å². The van der Waals surface area contributed by atoms with E-state index in [9.17, 15) is 10.1 Å². The number of hydrogen-bond acceptors (Lipinski definition) is 8. The molecule has 3 aromatic heterocycles. The number of piperazine rings is 1. The Kier molecular flexibility index (Phi) is 6.29. The van der Waals surface area contributed by atoms with Crippen molar-refractivity contribution in [1.29, 1.82) is 5.26 Å². The molecule has 5 heterocycles. The molecule has 0 aliphatic carbocycles. The van der Waals surface area contributed by atoms with Crippen molar-refractivity contribution in [2.45, 2.75) is 13.0 Å². The average molecular weight is 462 g/mol. The topological polar surface area (TPSA) is 108 Å². The number of carbonyl (C=O) groups is 1. The van der Waals surface area contributed by atoms with Gasteiger partial charge in [-0.3, -0.25) is 4.79 Å². The summed E-state index contributed by atoms with van der Waals surface area (Å²) in [6.07, 6.45) is 5.15. The highest BCUT2D eigenvalue weighted by Crippen LogP contribution is 2.31. The summed E-state index contributed by atoms with van der Waals surface area (Å²) in [5.74, 6) is 1.62. The van der Waals surface area contributed by atoms with Gasteiger partial charge in [0.2, 0.25) is 5.91 Å². The van der Waals surface area contributed by atoms with Crippen molar-refractivity contribution < 1.29 is 14.3 Å². The van der Waals surface area contributed by atoms with E-state index in [2.05, 4.69) is 26.4 Å². The van der Waals surface area contributed by atoms with Crippen LogP contribution in [0.25, 0.3) is 16.6 Å². The molecule has 0 unspecified atom stereocenters. The second-order valence-electron chi connectivity index (χ2n) is 8.46. The van der Waals surface area contributed by atoms with Crippen molar-refractivity contribution in [2.75, 3.05) is 57.4 Å². The van der Waals surface area contributed by atoms with E-state index < -0.39 is 0 Å². The summed E-state index contributed by atoms with van der Waals surface area (Å²) in [6, 6.07) is 8.13. The molecule has 10 heteroatoms. The highest BCUT2D eigenvalue weighted by Gasteiger charge is 2.20. The van der Waals surface area contributed by atoms with Gasteiger partial charge in [-0.1, -0.05) is 0 Å². The van der Waals surface area contributed by atoms with Crippen molar-refractivity contribution in [3.8, 4) is 22.9 Å². The van der Waals surface area contributed by atoms with Crippen LogP contribution < -0.4 is 15.0 Å². The highest BCUT2D eigenvalue weighted by molar-refractivity contribution is 5.85. The molecule has 2 aliphatic heterocycles. The van der Waals surface area contributed by atoms with Crippen LogP contribution in [0, 0.1) is 11.3 Å². The van der Waals surface area contributed by atoms with Crippen LogP contribution in [0.2, 0.25) is 0 Å². The molecule has 1 atom stereocenters. The number of rotatable bonds is 5. The molecule has 0 spiro atoms. The van der Waals surface area contributed by atoms with Crippen molar-refractivity contribution >= 4 is 17.2 Å². The fourth-order valence-electron chi connectivity index (χ4n) is 4.38. The molecule has 3 aromatic rings. The molecule has 10 nitrogen and oxygen atoms in total. The van der Waals surface area contributed by atoms with E-state index in [1.807, 2.05) is 29.3 Å². The van der Waals surface area contributed by atoms with E-state index in [-0.39, 0.29) is 12.0 Å². The first-order valence-electron chi connectivity index (χ1n) is 11.5. The number of amides is 1. The third-order valence-electron chi connectivity index (χ3n) is 6.26. The van der Waals surface area contributed by atoms with E-state index in [4.69, 9.17) is 9.47 Å². The Bertz CT molecular complexity index is 1200. The highest BCUT2D eigenvalue weighted by atomic mass is 16.5. The minimum absolute atomic E-state index is 0.00962. The van der Waals surface area contributed by atoms with Crippen molar-refractivity contribution in [2.24, 2.45) is 0 Å². The molecule has 0 radical (unpaired) electrons. The molecule has 1 amide bonds. The van der Waals surface area contributed by atoms with Gasteiger partial charge in [-0.25, -0.2) is 9.50 Å². The molecule has 2 aliphatic rings. The van der Waals surface area contributed by atoms with Crippen molar-refractivity contribution in [3.63, 3.8) is 0 Å². The zero-order valence-electron chi connectivity index (χ0n) is 19.1. The van der Waals surface area contributed by atoms with Crippen LogP contribution in [0.1, 0.15) is 12.5 Å². The Morgan fingerprint density at radius 3 is 2.82 bits per heavy atom. The van der Waals surface area contributed by atoms with Crippen LogP contribution in [0.15, 0.2) is 36.8 Å². The molecular formula is C24H27N7O3. The number of ether oxygens (including phenoxy) is 2. The number of nitriles is 1. The second-order valence-corrected chi connectivity index (χ2v) is 8.46. The molecule has 0 bridgehead atoms. The van der Waals surface area contributed by atoms with Crippen LogP contribution in [0.3, 0.4) is 0 Å². The predicted octanol–water partition coefficient (Wildman–Crippen LogP) is 1.30. The molecule has 0 aromatic carbocycles. The average Bonchev–Trinajstić information content (AvgIpc) is 3.31. The number of aromatic nitrogens is 3. The van der Waals surface area contributed by atoms with E-state index in [0.717, 1.165) is 48.6 Å². The number of morpholine rings is 1. The number of nitrogens with one attached hydrogen (secondary N) is 1. The van der Waals surface area contributed by atoms with Gasteiger partial charge >= 0.3 is 0 Å². The molecule has 2 fully saturated rings. The molecule has 0 saturated carbocycles. The van der Waals surface area contributed by atoms with Crippen LogP contribution in [0.5, 0.6) is 5.75 Å². The third kappa shape index (κ3) is 4.53. The maximum Gasteiger partial charge on any atom is 0.219 e. The van der Waals surface area contributed by atoms with Crippen LogP contribution in [0.4, 0.5) is 5.82 Å². The van der Waals surface area contributed by atoms with Gasteiger partial charge < -0.3 is 24.6 Å². The number of nitrogens with zero attached hydrogens (tertiary/aromatic N) is 6. The van der Waals surface area contributed by atoms with E-state index >= 15 is 0 Å². The summed E-state index contributed by atoms with van der Waals surface area (Å²) >= 11 is 0. The summed E-state index contributed by atoms with van der Waals surface area (Å²) in [4.78, 5) is 20.3. The van der Waals surface area contributed by atoms with Gasteiger partial charge in [-0.05, 0) is 18.2 Å². The van der Waals surface area contributed by atoms with Gasteiger partial charge in [0, 0.05) is 63.5 Å². The van der Waals surface area contributed by atoms with Crippen LogP contribution in [-0.4, -0.2) is 84.0 Å². The first-order valence-corrected chi connectivity index (χ1v) is 11.5. The second kappa shape index (κ2) is 9.67. The lowest BCUT2D eigenvalue weighted by Crippen LogP contribution is -2.48. The van der Waals surface area contributed by atoms with Crippen molar-refractivity contribution in [1.82, 2.24) is 24.8 Å². The summed E-state index contributed by atoms with van der Waals surface area (Å²) < 4.78 is 13.4. The zero-order valence-corrected chi connectivity index (χ0v) is 19.1. The number of anilines is 1. The number of fused-ring (bicyclic) bond motifs is 1. The monoisotopic (exact) mass is 461 g/mol. The smallest absolute Gasteiger partial charge is 0.219 e. The third-order valence-corrected chi connectivity index (χ3v) is 6.26. The number of carbonyl (C=O) groups excluding carboxylic acids is 1. The van der Waals surface area contributed by atoms with E-state index in [1.54, 1.807) is 23.8 Å². The molecule has 34 heavy (non-hydrogen) atoms. The molecule has 2 saturated heterocycles. The first kappa shape index (κ1) is 22.1. The Hall–Kier alpha value is -3.68. The van der Waals surface area contributed by atoms with Crippen molar-refractivity contribution in [3.05, 3.63) is 42.4 Å². The zero-order chi connectivity index (χ0) is 23.5. The minimum atomic E-state index is -0.00962. The number of pyridine rings is 2. The molecule has 176 valence electrons. The molecular weight excluding hydrogens is 434 g/mol. The molecule has 5 rings (SSSR count). The van der Waals surface area contributed by atoms with E-state index in [0.29, 0.717) is 37.6 Å². The lowest BCUT2D eigenvalue weighted by molar-refractivity contribution is -0.129. The van der Waals surface area contributed by atoms with Crippen LogP contribution >= 0.6 is 0 Å². The lowest BCUT2D eigenvalue weighted by atomic mass is 10.1. The maximum atomic E-state index is 11.6. The lowest BCUT2D eigenvalue weighted by Gasteiger charge is -2.34. The minimum Gasteiger partial charge on any atom is -0.489 e. The van der Waals surface area contributed by atoms with Gasteiger partial charge in [0.05, 0.1) is 30.1 Å². The Morgan fingerprint density at radius 1 is 1.29 bits per heavy atom. The van der Waals surface area contributed by atoms with Gasteiger partial charge in [-0.15, -0.1) is 0 Å². The largest absolute Gasteiger partial charge is 0.489 e. The fourth-order valence-corrected chi connectivity index (χ4v) is 4.38. The summed E-state index contributed by atoms with van der Waals surface area (Å²) in [7, 11) is 0. The Labute approximate surface area is 197 Å². The Morgan fingerprint density at radius 2 is 2.15 bits per heavy atom. The summed E-state index contributed by atoms with van der Waals surface area (Å²) in [6.45, 7) is 7.19. The maximum absolute atomic E-state index is 11.6. The fraction of sp³-hybridized carbons (Fsp3) is 0.417. The van der Waals surface area contributed by atoms with Crippen LogP contribution in [-0.2, 0) is 9.53 Å². The Balaban J connectivity index is 1.39. The molecule has 1 N–H and O–H groups in total. The standard InChI is InChI=1S/C24H27N7O3/c1-17(32)29-5-7-30(8-6-29)23-3-2-18(12-27-23)22-10-20(34-16-21-14-26-4-9-33-21)15-31-24(22)19(11-25)13-28-31/h2-3,10,12-13,15,21,26H,4-9,14,16H2,1H3/t21-/m0/s1. The first-order chi connectivity index (χ1) is 16.6. The van der Waals surface area contributed by atoms with Gasteiger partial charge in [0.15, 0.2) is 0 Å². The van der Waals surface area contributed by atoms with Gasteiger partial charge in [0.25, 0.3) is 0 Å². The SMILES string of the molecule is CC(=O)N1CCN(c2ccc(-c3cc(OC[C@@H]4CNCCO4)cn4ncc(C#N)c34)cn2)CC1.